The zero-order valence-corrected chi connectivity index (χ0v) is 15.0. The smallest absolute Gasteiger partial charge is 0.154 e. The average Bonchev–Trinajstić information content (AvgIpc) is 3.21. The zero-order valence-electron chi connectivity index (χ0n) is 14.2. The highest BCUT2D eigenvalue weighted by Crippen LogP contribution is 2.38. The van der Waals surface area contributed by atoms with Crippen LogP contribution in [0.3, 0.4) is 0 Å². The molecular weight excluding hydrogens is 320 g/mol. The molecule has 0 aromatic heterocycles. The molecule has 0 unspecified atom stereocenters. The Kier molecular flexibility index (Phi) is 4.67. The van der Waals surface area contributed by atoms with Crippen molar-refractivity contribution < 1.29 is 8.42 Å². The summed E-state index contributed by atoms with van der Waals surface area (Å²) in [5, 5.41) is 3.49. The zero-order chi connectivity index (χ0) is 16.6. The minimum atomic E-state index is -2.83. The van der Waals surface area contributed by atoms with E-state index in [0.717, 1.165) is 31.8 Å². The van der Waals surface area contributed by atoms with E-state index in [2.05, 4.69) is 40.5 Å². The fourth-order valence-corrected chi connectivity index (χ4v) is 6.73. The van der Waals surface area contributed by atoms with Crippen LogP contribution in [0.25, 0.3) is 0 Å². The largest absolute Gasteiger partial charge is 0.312 e. The molecule has 3 fully saturated rings. The third-order valence-electron chi connectivity index (χ3n) is 6.25. The van der Waals surface area contributed by atoms with Crippen molar-refractivity contribution in [3.63, 3.8) is 0 Å². The van der Waals surface area contributed by atoms with Crippen molar-refractivity contribution in [1.29, 1.82) is 0 Å². The highest BCUT2D eigenvalue weighted by Gasteiger charge is 2.43. The van der Waals surface area contributed by atoms with Crippen molar-refractivity contribution in [2.75, 3.05) is 25.4 Å². The second-order valence-corrected chi connectivity index (χ2v) is 10.2. The van der Waals surface area contributed by atoms with Gasteiger partial charge in [-0.25, -0.2) is 8.42 Å². The quantitative estimate of drug-likeness (QED) is 0.885. The lowest BCUT2D eigenvalue weighted by atomic mass is 9.98. The lowest BCUT2D eigenvalue weighted by molar-refractivity contribution is 0.289. The molecule has 0 bridgehead atoms. The average molecular weight is 349 g/mol. The number of nitrogens with zero attached hydrogens (tertiary/aromatic N) is 1. The predicted octanol–water partition coefficient (Wildman–Crippen LogP) is 2.06. The predicted molar refractivity (Wildman–Crippen MR) is 96.5 cm³/mol. The fourth-order valence-electron chi connectivity index (χ4n) is 4.95. The van der Waals surface area contributed by atoms with Crippen molar-refractivity contribution in [2.24, 2.45) is 11.8 Å². The summed E-state index contributed by atoms with van der Waals surface area (Å²) >= 11 is 0. The summed E-state index contributed by atoms with van der Waals surface area (Å²) in [4.78, 5) is 2.57. The van der Waals surface area contributed by atoms with Crippen LogP contribution < -0.4 is 5.32 Å². The van der Waals surface area contributed by atoms with E-state index in [-0.39, 0.29) is 5.25 Å². The van der Waals surface area contributed by atoms with E-state index < -0.39 is 9.84 Å². The minimum absolute atomic E-state index is 0.140. The van der Waals surface area contributed by atoms with Gasteiger partial charge >= 0.3 is 0 Å². The van der Waals surface area contributed by atoms with E-state index in [0.29, 0.717) is 24.3 Å². The second kappa shape index (κ2) is 6.77. The first-order chi connectivity index (χ1) is 11.6. The van der Waals surface area contributed by atoms with Gasteiger partial charge in [-0.05, 0) is 43.1 Å². The Balaban J connectivity index is 1.31. The van der Waals surface area contributed by atoms with Gasteiger partial charge in [0.25, 0.3) is 0 Å². The van der Waals surface area contributed by atoms with Crippen LogP contribution in [0, 0.1) is 11.8 Å². The van der Waals surface area contributed by atoms with Gasteiger partial charge in [-0.1, -0.05) is 30.3 Å². The maximum Gasteiger partial charge on any atom is 0.154 e. The Morgan fingerprint density at radius 1 is 1.08 bits per heavy atom. The second-order valence-electron chi connectivity index (χ2n) is 7.83. The van der Waals surface area contributed by atoms with Crippen LogP contribution in [0.1, 0.15) is 31.2 Å². The first kappa shape index (κ1) is 16.6. The molecular formula is C19H28N2O2S. The van der Waals surface area contributed by atoms with Crippen molar-refractivity contribution in [2.45, 2.75) is 43.5 Å². The van der Waals surface area contributed by atoms with Crippen molar-refractivity contribution in [3.05, 3.63) is 35.9 Å². The summed E-state index contributed by atoms with van der Waals surface area (Å²) in [7, 11) is -2.83. The molecule has 5 heteroatoms. The van der Waals surface area contributed by atoms with Crippen LogP contribution in [0.5, 0.6) is 0 Å². The van der Waals surface area contributed by atoms with Gasteiger partial charge < -0.3 is 5.32 Å². The molecule has 132 valence electrons. The molecule has 0 amide bonds. The van der Waals surface area contributed by atoms with Crippen molar-refractivity contribution in [1.82, 2.24) is 10.2 Å². The number of benzene rings is 1. The van der Waals surface area contributed by atoms with Gasteiger partial charge in [0.15, 0.2) is 9.84 Å². The number of fused-ring (bicyclic) bond motifs is 1. The Bertz CT molecular complexity index is 661. The van der Waals surface area contributed by atoms with E-state index in [1.807, 2.05) is 0 Å². The van der Waals surface area contributed by atoms with Crippen LogP contribution in [0.2, 0.25) is 0 Å². The minimum Gasteiger partial charge on any atom is -0.312 e. The van der Waals surface area contributed by atoms with Gasteiger partial charge in [0, 0.05) is 32.2 Å². The van der Waals surface area contributed by atoms with E-state index in [1.54, 1.807) is 0 Å². The molecule has 1 aromatic rings. The van der Waals surface area contributed by atoms with Gasteiger partial charge in [-0.2, -0.15) is 0 Å². The summed E-state index contributed by atoms with van der Waals surface area (Å²) in [6.45, 7) is 4.04. The third kappa shape index (κ3) is 3.39. The molecule has 4 nitrogen and oxygen atoms in total. The number of nitrogens with one attached hydrogen (secondary N) is 1. The highest BCUT2D eigenvalue weighted by molar-refractivity contribution is 7.92. The molecule has 2 saturated heterocycles. The number of hydrogen-bond acceptors (Lipinski definition) is 4. The Morgan fingerprint density at radius 2 is 1.92 bits per heavy atom. The SMILES string of the molecule is O=S1(=O)CCC[C@@H]1CN[C@@H]1CC[C@H]2CN(Cc3ccccc3)C[C@H]21. The topological polar surface area (TPSA) is 49.4 Å². The summed E-state index contributed by atoms with van der Waals surface area (Å²) < 4.78 is 24.0. The van der Waals surface area contributed by atoms with Crippen LogP contribution >= 0.6 is 0 Å². The van der Waals surface area contributed by atoms with Gasteiger partial charge in [0.05, 0.1) is 11.0 Å². The molecule has 1 aromatic carbocycles. The summed E-state index contributed by atoms with van der Waals surface area (Å²) in [6.07, 6.45) is 4.18. The van der Waals surface area contributed by atoms with Crippen molar-refractivity contribution >= 4 is 9.84 Å². The van der Waals surface area contributed by atoms with Crippen molar-refractivity contribution in [3.8, 4) is 0 Å². The molecule has 4 atom stereocenters. The molecule has 1 N–H and O–H groups in total. The summed E-state index contributed by atoms with van der Waals surface area (Å²) in [5.41, 5.74) is 1.39. The molecule has 0 radical (unpaired) electrons. The Morgan fingerprint density at radius 3 is 2.67 bits per heavy atom. The molecule has 24 heavy (non-hydrogen) atoms. The molecule has 0 spiro atoms. The molecule has 2 heterocycles. The molecule has 4 rings (SSSR count). The number of hydrogen-bond donors (Lipinski definition) is 1. The van der Waals surface area contributed by atoms with Crippen LogP contribution in [0.4, 0.5) is 0 Å². The van der Waals surface area contributed by atoms with Gasteiger partial charge in [-0.15, -0.1) is 0 Å². The van der Waals surface area contributed by atoms with E-state index in [1.165, 1.54) is 24.9 Å². The van der Waals surface area contributed by atoms with E-state index in [4.69, 9.17) is 0 Å². The van der Waals surface area contributed by atoms with Gasteiger partial charge in [0.2, 0.25) is 0 Å². The maximum absolute atomic E-state index is 12.0. The lowest BCUT2D eigenvalue weighted by Gasteiger charge is -2.23. The van der Waals surface area contributed by atoms with Gasteiger partial charge in [-0.3, -0.25) is 4.90 Å². The molecule has 1 aliphatic carbocycles. The fraction of sp³-hybridized carbons (Fsp3) is 0.684. The third-order valence-corrected chi connectivity index (χ3v) is 8.53. The molecule has 1 saturated carbocycles. The number of rotatable bonds is 5. The molecule has 3 aliphatic rings. The summed E-state index contributed by atoms with van der Waals surface area (Å²) in [6, 6.07) is 11.2. The standard InChI is InChI=1S/C19H28N2O2S/c22-24(23)10-4-7-17(24)11-20-19-9-8-16-13-21(14-18(16)19)12-15-5-2-1-3-6-15/h1-3,5-6,16-20H,4,7-14H2/t16-,17+,18+,19+/m0/s1. The maximum atomic E-state index is 12.0. The van der Waals surface area contributed by atoms with E-state index >= 15 is 0 Å². The number of likely N-dealkylation sites (tertiary alicyclic amines) is 1. The first-order valence-electron chi connectivity index (χ1n) is 9.33. The normalized spacial score (nSPS) is 35.3. The Labute approximate surface area is 145 Å². The first-order valence-corrected chi connectivity index (χ1v) is 11.0. The lowest BCUT2D eigenvalue weighted by Crippen LogP contribution is -2.41. The summed E-state index contributed by atoms with van der Waals surface area (Å²) in [5.74, 6) is 1.87. The monoisotopic (exact) mass is 348 g/mol. The Hall–Kier alpha value is -0.910. The molecule has 2 aliphatic heterocycles. The number of sulfone groups is 1. The van der Waals surface area contributed by atoms with Crippen LogP contribution in [-0.4, -0.2) is 50.0 Å². The van der Waals surface area contributed by atoms with Gasteiger partial charge in [0.1, 0.15) is 0 Å². The van der Waals surface area contributed by atoms with Crippen LogP contribution in [-0.2, 0) is 16.4 Å². The highest BCUT2D eigenvalue weighted by atomic mass is 32.2. The van der Waals surface area contributed by atoms with E-state index in [9.17, 15) is 8.42 Å². The van der Waals surface area contributed by atoms with Crippen LogP contribution in [0.15, 0.2) is 30.3 Å².